The molecule has 0 radical (unpaired) electrons. The Morgan fingerprint density at radius 1 is 0.929 bits per heavy atom. The lowest BCUT2D eigenvalue weighted by Gasteiger charge is -2.04. The fourth-order valence-corrected chi connectivity index (χ4v) is 0.435. The highest BCUT2D eigenvalue weighted by Crippen LogP contribution is 1.84. The van der Waals surface area contributed by atoms with Crippen molar-refractivity contribution in [2.45, 2.75) is 0 Å². The predicted molar refractivity (Wildman–Crippen MR) is 45.4 cm³/mol. The van der Waals surface area contributed by atoms with Gasteiger partial charge < -0.3 is 20.1 Å². The minimum atomic E-state index is -1.06. The van der Waals surface area contributed by atoms with E-state index in [9.17, 15) is 14.4 Å². The summed E-state index contributed by atoms with van der Waals surface area (Å²) in [5.41, 5.74) is 0. The predicted octanol–water partition coefficient (Wildman–Crippen LogP) is -1.37. The molecule has 0 unspecified atom stereocenters. The van der Waals surface area contributed by atoms with E-state index in [0.29, 0.717) is 0 Å². The van der Waals surface area contributed by atoms with Crippen LogP contribution in [-0.2, 0) is 19.1 Å². The fraction of sp³-hybridized carbons (Fsp3) is 0.571. The average Bonchev–Trinajstić information content (AvgIpc) is 2.22. The first-order chi connectivity index (χ1) is 6.60. The first-order valence-electron chi connectivity index (χ1n) is 3.81. The molecule has 2 N–H and O–H groups in total. The van der Waals surface area contributed by atoms with Crippen LogP contribution in [0.5, 0.6) is 0 Å². The highest BCUT2D eigenvalue weighted by atomic mass is 16.7. The van der Waals surface area contributed by atoms with Gasteiger partial charge in [-0.15, -0.1) is 0 Å². The molecule has 0 spiro atoms. The molecule has 80 valence electrons. The molecule has 0 fully saturated rings. The second-order valence-corrected chi connectivity index (χ2v) is 2.17. The highest BCUT2D eigenvalue weighted by molar-refractivity contribution is 5.80. The Balaban J connectivity index is 3.56. The zero-order chi connectivity index (χ0) is 11.0. The fourth-order valence-electron chi connectivity index (χ4n) is 0.435. The SMILES string of the molecule is CNC(=O)COC(=O)OCC(=O)NC. The van der Waals surface area contributed by atoms with Gasteiger partial charge in [0.05, 0.1) is 0 Å². The topological polar surface area (TPSA) is 93.7 Å². The summed E-state index contributed by atoms with van der Waals surface area (Å²) in [7, 11) is 2.81. The van der Waals surface area contributed by atoms with Crippen LogP contribution in [0, 0.1) is 0 Å². The van der Waals surface area contributed by atoms with Crippen molar-refractivity contribution in [3.8, 4) is 0 Å². The van der Waals surface area contributed by atoms with Gasteiger partial charge in [0.1, 0.15) is 0 Å². The van der Waals surface area contributed by atoms with E-state index in [1.165, 1.54) is 14.1 Å². The lowest BCUT2D eigenvalue weighted by atomic mass is 10.6. The van der Waals surface area contributed by atoms with Gasteiger partial charge in [0.2, 0.25) is 0 Å². The Hall–Kier alpha value is -1.79. The molecule has 0 heterocycles. The number of ether oxygens (including phenoxy) is 2. The Kier molecular flexibility index (Phi) is 5.84. The molecule has 0 atom stereocenters. The second-order valence-electron chi connectivity index (χ2n) is 2.17. The summed E-state index contributed by atoms with van der Waals surface area (Å²) in [6, 6.07) is 0. The standard InChI is InChI=1S/C7H12N2O5/c1-8-5(10)3-13-7(12)14-4-6(11)9-2/h3-4H2,1-2H3,(H,8,10)(H,9,11). The van der Waals surface area contributed by atoms with Crippen molar-refractivity contribution in [1.29, 1.82) is 0 Å². The summed E-state index contributed by atoms with van der Waals surface area (Å²) in [6.07, 6.45) is -1.06. The van der Waals surface area contributed by atoms with Crippen LogP contribution >= 0.6 is 0 Å². The number of hydrogen-bond acceptors (Lipinski definition) is 5. The molecule has 0 aliphatic carbocycles. The summed E-state index contributed by atoms with van der Waals surface area (Å²) in [5, 5.41) is 4.49. The highest BCUT2D eigenvalue weighted by Gasteiger charge is 2.08. The number of likely N-dealkylation sites (N-methyl/N-ethyl adjacent to an activating group) is 2. The van der Waals surface area contributed by atoms with Crippen molar-refractivity contribution in [3.63, 3.8) is 0 Å². The molecule has 2 amide bonds. The molecule has 0 bridgehead atoms. The number of rotatable bonds is 4. The molecule has 14 heavy (non-hydrogen) atoms. The third kappa shape index (κ3) is 5.81. The van der Waals surface area contributed by atoms with Crippen molar-refractivity contribution in [2.24, 2.45) is 0 Å². The van der Waals surface area contributed by atoms with Gasteiger partial charge in [-0.25, -0.2) is 4.79 Å². The molecule has 0 aliphatic heterocycles. The Morgan fingerprint density at radius 2 is 1.29 bits per heavy atom. The van der Waals surface area contributed by atoms with Crippen LogP contribution < -0.4 is 10.6 Å². The van der Waals surface area contributed by atoms with Crippen molar-refractivity contribution in [2.75, 3.05) is 27.3 Å². The molecule has 0 aromatic carbocycles. The summed E-state index contributed by atoms with van der Waals surface area (Å²) < 4.78 is 8.67. The van der Waals surface area contributed by atoms with Gasteiger partial charge in [0, 0.05) is 14.1 Å². The molecule has 7 heteroatoms. The van der Waals surface area contributed by atoms with Gasteiger partial charge in [-0.05, 0) is 0 Å². The summed E-state index contributed by atoms with van der Waals surface area (Å²) >= 11 is 0. The number of carbonyl (C=O) groups excluding carboxylic acids is 3. The van der Waals surface area contributed by atoms with Crippen molar-refractivity contribution in [1.82, 2.24) is 10.6 Å². The molecule has 0 saturated heterocycles. The van der Waals surface area contributed by atoms with E-state index < -0.39 is 31.2 Å². The van der Waals surface area contributed by atoms with Crippen molar-refractivity contribution in [3.05, 3.63) is 0 Å². The van der Waals surface area contributed by atoms with Gasteiger partial charge in [-0.1, -0.05) is 0 Å². The first kappa shape index (κ1) is 12.2. The van der Waals surface area contributed by atoms with Crippen LogP contribution in [0.4, 0.5) is 4.79 Å². The molecule has 0 saturated carbocycles. The van der Waals surface area contributed by atoms with Crippen LogP contribution in [0.3, 0.4) is 0 Å². The quantitative estimate of drug-likeness (QED) is 0.551. The molecule has 0 aromatic rings. The third-order valence-electron chi connectivity index (χ3n) is 1.20. The van der Waals surface area contributed by atoms with Gasteiger partial charge >= 0.3 is 6.16 Å². The maximum Gasteiger partial charge on any atom is 0.509 e. The lowest BCUT2D eigenvalue weighted by Crippen LogP contribution is -2.28. The maximum atomic E-state index is 10.7. The molecule has 0 aromatic heterocycles. The molecular formula is C7H12N2O5. The smallest absolute Gasteiger partial charge is 0.424 e. The maximum absolute atomic E-state index is 10.7. The van der Waals surface area contributed by atoms with Crippen LogP contribution in [-0.4, -0.2) is 45.3 Å². The lowest BCUT2D eigenvalue weighted by molar-refractivity contribution is -0.126. The van der Waals surface area contributed by atoms with Crippen molar-refractivity contribution >= 4 is 18.0 Å². The number of carbonyl (C=O) groups is 3. The van der Waals surface area contributed by atoms with E-state index in [-0.39, 0.29) is 0 Å². The van der Waals surface area contributed by atoms with Crippen LogP contribution in [0.2, 0.25) is 0 Å². The van der Waals surface area contributed by atoms with Crippen LogP contribution in [0.25, 0.3) is 0 Å². The zero-order valence-electron chi connectivity index (χ0n) is 7.96. The Morgan fingerprint density at radius 3 is 1.57 bits per heavy atom. The van der Waals surface area contributed by atoms with E-state index in [2.05, 4.69) is 20.1 Å². The molecule has 0 aliphatic rings. The minimum absolute atomic E-state index is 0.428. The monoisotopic (exact) mass is 204 g/mol. The average molecular weight is 204 g/mol. The zero-order valence-corrected chi connectivity index (χ0v) is 7.96. The summed E-state index contributed by atoms with van der Waals surface area (Å²) in [4.78, 5) is 31.9. The van der Waals surface area contributed by atoms with Gasteiger partial charge in [0.15, 0.2) is 13.2 Å². The van der Waals surface area contributed by atoms with E-state index in [1.807, 2.05) is 0 Å². The van der Waals surface area contributed by atoms with E-state index >= 15 is 0 Å². The van der Waals surface area contributed by atoms with E-state index in [1.54, 1.807) is 0 Å². The second kappa shape index (κ2) is 6.70. The number of hydrogen-bond donors (Lipinski definition) is 2. The molecular weight excluding hydrogens is 192 g/mol. The number of amides is 2. The van der Waals surface area contributed by atoms with Crippen LogP contribution in [0.1, 0.15) is 0 Å². The minimum Gasteiger partial charge on any atom is -0.424 e. The third-order valence-corrected chi connectivity index (χ3v) is 1.20. The summed E-state index contributed by atoms with van der Waals surface area (Å²) in [5.74, 6) is -0.913. The number of nitrogens with one attached hydrogen (secondary N) is 2. The Bertz CT molecular complexity index is 206. The molecule has 7 nitrogen and oxygen atoms in total. The van der Waals surface area contributed by atoms with E-state index in [4.69, 9.17) is 0 Å². The van der Waals surface area contributed by atoms with Gasteiger partial charge in [-0.2, -0.15) is 0 Å². The summed E-state index contributed by atoms with van der Waals surface area (Å²) in [6.45, 7) is -0.855. The Labute approximate surface area is 80.7 Å². The normalized spacial score (nSPS) is 8.71. The largest absolute Gasteiger partial charge is 0.509 e. The van der Waals surface area contributed by atoms with Crippen molar-refractivity contribution < 1.29 is 23.9 Å². The first-order valence-corrected chi connectivity index (χ1v) is 3.81. The van der Waals surface area contributed by atoms with Crippen LogP contribution in [0.15, 0.2) is 0 Å². The van der Waals surface area contributed by atoms with E-state index in [0.717, 1.165) is 0 Å². The van der Waals surface area contributed by atoms with Gasteiger partial charge in [-0.3, -0.25) is 9.59 Å². The molecule has 0 rings (SSSR count). The van der Waals surface area contributed by atoms with Gasteiger partial charge in [0.25, 0.3) is 11.8 Å².